The molecule has 0 aromatic heterocycles. The highest BCUT2D eigenvalue weighted by atomic mass is 16.6. The van der Waals surface area contributed by atoms with Crippen molar-refractivity contribution in [3.8, 4) is 5.75 Å². The number of benzene rings is 2. The molecule has 2 aromatic rings. The Labute approximate surface area is 152 Å². The average molecular weight is 357 g/mol. The molecule has 1 atom stereocenters. The van der Waals surface area contributed by atoms with Gasteiger partial charge in [0.15, 0.2) is 0 Å². The molecule has 1 unspecified atom stereocenters. The van der Waals surface area contributed by atoms with Crippen molar-refractivity contribution in [1.29, 1.82) is 0 Å². The standard InChI is InChI=1S/C19H23N3O4/c1-4-21(14(2)16-8-6-10-18(12-16)26-3)19(23)20-13-15-7-5-9-17(11-15)22(24)25/h5-12,14H,4,13H2,1-3H3,(H,20,23). The number of rotatable bonds is 7. The SMILES string of the molecule is CCN(C(=O)NCc1cccc([N+](=O)[O-])c1)C(C)c1cccc(OC)c1. The van der Waals surface area contributed by atoms with E-state index in [1.165, 1.54) is 12.1 Å². The van der Waals surface area contributed by atoms with E-state index in [9.17, 15) is 14.9 Å². The van der Waals surface area contributed by atoms with Crippen molar-refractivity contribution in [3.05, 3.63) is 69.8 Å². The number of urea groups is 1. The van der Waals surface area contributed by atoms with Crippen LogP contribution >= 0.6 is 0 Å². The molecule has 2 aromatic carbocycles. The fourth-order valence-electron chi connectivity index (χ4n) is 2.73. The minimum absolute atomic E-state index is 0.00819. The first-order valence-electron chi connectivity index (χ1n) is 8.38. The van der Waals surface area contributed by atoms with Crippen molar-refractivity contribution in [2.75, 3.05) is 13.7 Å². The molecular weight excluding hydrogens is 334 g/mol. The summed E-state index contributed by atoms with van der Waals surface area (Å²) in [4.78, 5) is 24.7. The highest BCUT2D eigenvalue weighted by Gasteiger charge is 2.20. The van der Waals surface area contributed by atoms with Crippen LogP contribution in [0.3, 0.4) is 0 Å². The number of nitrogens with zero attached hydrogens (tertiary/aromatic N) is 2. The number of hydrogen-bond acceptors (Lipinski definition) is 4. The summed E-state index contributed by atoms with van der Waals surface area (Å²) in [6, 6.07) is 13.5. The van der Waals surface area contributed by atoms with E-state index < -0.39 is 4.92 Å². The van der Waals surface area contributed by atoms with E-state index in [-0.39, 0.29) is 24.3 Å². The normalized spacial score (nSPS) is 11.5. The lowest BCUT2D eigenvalue weighted by Crippen LogP contribution is -2.41. The fraction of sp³-hybridized carbons (Fsp3) is 0.316. The summed E-state index contributed by atoms with van der Waals surface area (Å²) in [5.41, 5.74) is 1.66. The Bertz CT molecular complexity index is 779. The van der Waals surface area contributed by atoms with E-state index in [1.807, 2.05) is 38.1 Å². The molecule has 2 rings (SSSR count). The van der Waals surface area contributed by atoms with Gasteiger partial charge in [0.05, 0.1) is 18.1 Å². The molecule has 1 N–H and O–H groups in total. The second-order valence-electron chi connectivity index (χ2n) is 5.82. The number of amides is 2. The molecule has 0 aliphatic rings. The van der Waals surface area contributed by atoms with Crippen LogP contribution in [0.1, 0.15) is 31.0 Å². The maximum absolute atomic E-state index is 12.6. The third-order valence-corrected chi connectivity index (χ3v) is 4.21. The summed E-state index contributed by atoms with van der Waals surface area (Å²) in [5.74, 6) is 0.738. The topological polar surface area (TPSA) is 84.7 Å². The first-order chi connectivity index (χ1) is 12.5. The van der Waals surface area contributed by atoms with Crippen molar-refractivity contribution < 1.29 is 14.5 Å². The highest BCUT2D eigenvalue weighted by molar-refractivity contribution is 5.74. The van der Waals surface area contributed by atoms with Crippen LogP contribution in [0.25, 0.3) is 0 Å². The molecule has 26 heavy (non-hydrogen) atoms. The lowest BCUT2D eigenvalue weighted by molar-refractivity contribution is -0.384. The molecule has 0 aliphatic heterocycles. The average Bonchev–Trinajstić information content (AvgIpc) is 2.67. The second-order valence-corrected chi connectivity index (χ2v) is 5.82. The smallest absolute Gasteiger partial charge is 0.318 e. The zero-order chi connectivity index (χ0) is 19.1. The fourth-order valence-corrected chi connectivity index (χ4v) is 2.73. The molecule has 2 amide bonds. The van der Waals surface area contributed by atoms with Crippen molar-refractivity contribution in [2.24, 2.45) is 0 Å². The predicted molar refractivity (Wildman–Crippen MR) is 99.1 cm³/mol. The third kappa shape index (κ3) is 4.72. The summed E-state index contributed by atoms with van der Waals surface area (Å²) in [6.07, 6.45) is 0. The van der Waals surface area contributed by atoms with Crippen LogP contribution in [-0.2, 0) is 6.54 Å². The summed E-state index contributed by atoms with van der Waals surface area (Å²) >= 11 is 0. The van der Waals surface area contributed by atoms with Crippen LogP contribution in [0.15, 0.2) is 48.5 Å². The van der Waals surface area contributed by atoms with E-state index in [4.69, 9.17) is 4.74 Å². The van der Waals surface area contributed by atoms with Crippen LogP contribution in [0.4, 0.5) is 10.5 Å². The molecule has 0 spiro atoms. The Morgan fingerprint density at radius 3 is 2.65 bits per heavy atom. The molecule has 0 fully saturated rings. The van der Waals surface area contributed by atoms with E-state index >= 15 is 0 Å². The van der Waals surface area contributed by atoms with Crippen LogP contribution in [0, 0.1) is 10.1 Å². The van der Waals surface area contributed by atoms with Gasteiger partial charge in [-0.05, 0) is 37.1 Å². The van der Waals surface area contributed by atoms with Gasteiger partial charge >= 0.3 is 6.03 Å². The molecular formula is C19H23N3O4. The Morgan fingerprint density at radius 2 is 2.00 bits per heavy atom. The quantitative estimate of drug-likeness (QED) is 0.602. The molecule has 0 aliphatic carbocycles. The molecule has 0 saturated heterocycles. The molecule has 0 radical (unpaired) electrons. The van der Waals surface area contributed by atoms with Crippen molar-refractivity contribution in [1.82, 2.24) is 10.2 Å². The van der Waals surface area contributed by atoms with Gasteiger partial charge in [0.25, 0.3) is 5.69 Å². The van der Waals surface area contributed by atoms with Gasteiger partial charge in [-0.1, -0.05) is 24.3 Å². The monoisotopic (exact) mass is 357 g/mol. The van der Waals surface area contributed by atoms with Crippen LogP contribution < -0.4 is 10.1 Å². The number of non-ortho nitro benzene ring substituents is 1. The Morgan fingerprint density at radius 1 is 1.27 bits per heavy atom. The van der Waals surface area contributed by atoms with E-state index in [0.717, 1.165) is 11.3 Å². The van der Waals surface area contributed by atoms with Gasteiger partial charge in [0.2, 0.25) is 0 Å². The zero-order valence-corrected chi connectivity index (χ0v) is 15.1. The van der Waals surface area contributed by atoms with Crippen LogP contribution in [-0.4, -0.2) is 29.5 Å². The van der Waals surface area contributed by atoms with Crippen molar-refractivity contribution in [2.45, 2.75) is 26.4 Å². The number of carbonyl (C=O) groups excluding carboxylic acids is 1. The zero-order valence-electron chi connectivity index (χ0n) is 15.1. The number of hydrogen-bond donors (Lipinski definition) is 1. The van der Waals surface area contributed by atoms with Gasteiger partial charge in [-0.25, -0.2) is 4.79 Å². The number of ether oxygens (including phenoxy) is 1. The first kappa shape index (κ1) is 19.2. The molecule has 7 heteroatoms. The predicted octanol–water partition coefficient (Wildman–Crippen LogP) is 3.90. The lowest BCUT2D eigenvalue weighted by atomic mass is 10.1. The number of nitrogens with one attached hydrogen (secondary N) is 1. The van der Waals surface area contributed by atoms with E-state index in [2.05, 4.69) is 5.32 Å². The van der Waals surface area contributed by atoms with Gasteiger partial charge in [0.1, 0.15) is 5.75 Å². The van der Waals surface area contributed by atoms with Gasteiger partial charge in [-0.15, -0.1) is 0 Å². The molecule has 7 nitrogen and oxygen atoms in total. The summed E-state index contributed by atoms with van der Waals surface area (Å²) in [6.45, 7) is 4.61. The Balaban J connectivity index is 2.06. The van der Waals surface area contributed by atoms with Crippen LogP contribution in [0.2, 0.25) is 0 Å². The number of nitro benzene ring substituents is 1. The van der Waals surface area contributed by atoms with Gasteiger partial charge in [-0.2, -0.15) is 0 Å². The van der Waals surface area contributed by atoms with Gasteiger partial charge < -0.3 is 15.0 Å². The number of methoxy groups -OCH3 is 1. The van der Waals surface area contributed by atoms with Crippen molar-refractivity contribution in [3.63, 3.8) is 0 Å². The van der Waals surface area contributed by atoms with E-state index in [1.54, 1.807) is 24.1 Å². The van der Waals surface area contributed by atoms with Gasteiger partial charge in [-0.3, -0.25) is 10.1 Å². The van der Waals surface area contributed by atoms with Crippen molar-refractivity contribution >= 4 is 11.7 Å². The number of carbonyl (C=O) groups is 1. The van der Waals surface area contributed by atoms with E-state index in [0.29, 0.717) is 12.1 Å². The lowest BCUT2D eigenvalue weighted by Gasteiger charge is -2.28. The second kappa shape index (κ2) is 8.84. The van der Waals surface area contributed by atoms with Gasteiger partial charge in [0, 0.05) is 25.2 Å². The Kier molecular flexibility index (Phi) is 6.54. The van der Waals surface area contributed by atoms with Crippen LogP contribution in [0.5, 0.6) is 5.75 Å². The summed E-state index contributed by atoms with van der Waals surface area (Å²) in [5, 5.41) is 13.7. The minimum Gasteiger partial charge on any atom is -0.497 e. The molecule has 138 valence electrons. The first-order valence-corrected chi connectivity index (χ1v) is 8.38. The Hall–Kier alpha value is -3.09. The maximum atomic E-state index is 12.6. The number of nitro groups is 1. The summed E-state index contributed by atoms with van der Waals surface area (Å²) < 4.78 is 5.24. The summed E-state index contributed by atoms with van der Waals surface area (Å²) in [7, 11) is 1.60. The third-order valence-electron chi connectivity index (χ3n) is 4.21. The highest BCUT2D eigenvalue weighted by Crippen LogP contribution is 2.24. The largest absolute Gasteiger partial charge is 0.497 e. The maximum Gasteiger partial charge on any atom is 0.318 e. The minimum atomic E-state index is -0.450. The molecule has 0 heterocycles. The molecule has 0 saturated carbocycles. The molecule has 0 bridgehead atoms.